The molecule has 1 saturated heterocycles. The van der Waals surface area contributed by atoms with E-state index in [9.17, 15) is 4.79 Å². The molecule has 1 aromatic rings. The molecule has 4 heteroatoms. The lowest BCUT2D eigenvalue weighted by molar-refractivity contribution is -0.135. The smallest absolute Gasteiger partial charge is 0.240 e. The Hall–Kier alpha value is -1.39. The van der Waals surface area contributed by atoms with Gasteiger partial charge in [0, 0.05) is 33.7 Å². The predicted octanol–water partition coefficient (Wildman–Crippen LogP) is 0.981. The number of hydrogen-bond acceptors (Lipinski definition) is 3. The molecule has 1 atom stereocenters. The molecular weight excluding hydrogens is 250 g/mol. The molecule has 0 bridgehead atoms. The van der Waals surface area contributed by atoms with Gasteiger partial charge >= 0.3 is 0 Å². The molecule has 0 radical (unpaired) electrons. The van der Waals surface area contributed by atoms with Gasteiger partial charge in [-0.05, 0) is 24.9 Å². The molecule has 1 fully saturated rings. The normalized spacial score (nSPS) is 19.8. The Morgan fingerprint density at radius 3 is 2.80 bits per heavy atom. The highest BCUT2D eigenvalue weighted by Gasteiger charge is 2.28. The van der Waals surface area contributed by atoms with Crippen molar-refractivity contribution in [2.75, 3.05) is 40.3 Å². The van der Waals surface area contributed by atoms with Crippen LogP contribution in [0.2, 0.25) is 0 Å². The monoisotopic (exact) mass is 275 g/mol. The lowest BCUT2D eigenvalue weighted by Gasteiger charge is -2.36. The van der Waals surface area contributed by atoms with Gasteiger partial charge in [0.2, 0.25) is 5.91 Å². The summed E-state index contributed by atoms with van der Waals surface area (Å²) in [5.74, 6) is 0.205. The Kier molecular flexibility index (Phi) is 5.56. The van der Waals surface area contributed by atoms with Gasteiger partial charge in [-0.15, -0.1) is 0 Å². The van der Waals surface area contributed by atoms with Gasteiger partial charge < -0.3 is 10.2 Å². The van der Waals surface area contributed by atoms with Gasteiger partial charge in [-0.1, -0.05) is 30.3 Å². The summed E-state index contributed by atoms with van der Waals surface area (Å²) in [5.41, 5.74) is 1.37. The van der Waals surface area contributed by atoms with Crippen molar-refractivity contribution in [3.05, 3.63) is 35.9 Å². The minimum absolute atomic E-state index is 0.00507. The number of hydrogen-bond donors (Lipinski definition) is 1. The summed E-state index contributed by atoms with van der Waals surface area (Å²) >= 11 is 0. The number of amides is 1. The highest BCUT2D eigenvalue weighted by molar-refractivity contribution is 5.81. The average molecular weight is 275 g/mol. The van der Waals surface area contributed by atoms with Gasteiger partial charge in [-0.3, -0.25) is 9.69 Å². The number of aryl methyl sites for hydroxylation is 1. The van der Waals surface area contributed by atoms with E-state index in [1.807, 2.05) is 20.2 Å². The van der Waals surface area contributed by atoms with Crippen LogP contribution in [-0.2, 0) is 11.2 Å². The molecule has 1 aliphatic heterocycles. The molecule has 1 aliphatic rings. The number of likely N-dealkylation sites (N-methyl/N-ethyl adjacent to an activating group) is 1. The molecule has 1 heterocycles. The van der Waals surface area contributed by atoms with E-state index in [0.717, 1.165) is 39.0 Å². The molecule has 110 valence electrons. The van der Waals surface area contributed by atoms with E-state index < -0.39 is 0 Å². The fraction of sp³-hybridized carbons (Fsp3) is 0.562. The van der Waals surface area contributed by atoms with Crippen molar-refractivity contribution in [3.8, 4) is 0 Å². The molecule has 0 saturated carbocycles. The van der Waals surface area contributed by atoms with Gasteiger partial charge in [-0.2, -0.15) is 0 Å². The molecule has 1 aromatic carbocycles. The van der Waals surface area contributed by atoms with Crippen LogP contribution in [0, 0.1) is 0 Å². The van der Waals surface area contributed by atoms with Gasteiger partial charge in [0.05, 0.1) is 0 Å². The standard InChI is InChI=1S/C16H25N3O/c1-18(2)16(20)15-13-17-10-12-19(15)11-6-9-14-7-4-3-5-8-14/h3-5,7-8,15,17H,6,9-13H2,1-2H3. The van der Waals surface area contributed by atoms with Crippen molar-refractivity contribution in [2.24, 2.45) is 0 Å². The number of nitrogens with one attached hydrogen (secondary N) is 1. The minimum atomic E-state index is -0.00507. The number of nitrogens with zero attached hydrogens (tertiary/aromatic N) is 2. The molecule has 1 amide bonds. The number of rotatable bonds is 5. The van der Waals surface area contributed by atoms with Gasteiger partial charge in [0.1, 0.15) is 6.04 Å². The summed E-state index contributed by atoms with van der Waals surface area (Å²) in [7, 11) is 3.66. The largest absolute Gasteiger partial charge is 0.347 e. The van der Waals surface area contributed by atoms with Crippen LogP contribution in [0.3, 0.4) is 0 Å². The van der Waals surface area contributed by atoms with Crippen LogP contribution in [0.25, 0.3) is 0 Å². The summed E-state index contributed by atoms with van der Waals surface area (Å²) in [6, 6.07) is 10.5. The highest BCUT2D eigenvalue weighted by atomic mass is 16.2. The zero-order chi connectivity index (χ0) is 14.4. The Morgan fingerprint density at radius 2 is 2.10 bits per heavy atom. The summed E-state index contributed by atoms with van der Waals surface area (Å²) in [5, 5.41) is 3.32. The second-order valence-corrected chi connectivity index (χ2v) is 5.58. The van der Waals surface area contributed by atoms with Crippen LogP contribution in [0.1, 0.15) is 12.0 Å². The quantitative estimate of drug-likeness (QED) is 0.870. The SMILES string of the molecule is CN(C)C(=O)C1CNCCN1CCCc1ccccc1. The number of carbonyl (C=O) groups excluding carboxylic acids is 1. The van der Waals surface area contributed by atoms with Crippen molar-refractivity contribution >= 4 is 5.91 Å². The Balaban J connectivity index is 1.84. The van der Waals surface area contributed by atoms with E-state index in [2.05, 4.69) is 34.5 Å². The Morgan fingerprint density at radius 1 is 1.35 bits per heavy atom. The maximum Gasteiger partial charge on any atom is 0.240 e. The topological polar surface area (TPSA) is 35.6 Å². The molecule has 4 nitrogen and oxygen atoms in total. The first-order chi connectivity index (χ1) is 9.68. The summed E-state index contributed by atoms with van der Waals surface area (Å²) < 4.78 is 0. The van der Waals surface area contributed by atoms with Gasteiger partial charge in [-0.25, -0.2) is 0 Å². The Bertz CT molecular complexity index is 419. The Labute approximate surface area is 121 Å². The summed E-state index contributed by atoms with van der Waals surface area (Å²) in [4.78, 5) is 16.2. The summed E-state index contributed by atoms with van der Waals surface area (Å²) in [6.07, 6.45) is 2.18. The van der Waals surface area contributed by atoms with E-state index in [0.29, 0.717) is 0 Å². The fourth-order valence-corrected chi connectivity index (χ4v) is 2.69. The first-order valence-electron chi connectivity index (χ1n) is 7.38. The van der Waals surface area contributed by atoms with Crippen molar-refractivity contribution in [3.63, 3.8) is 0 Å². The van der Waals surface area contributed by atoms with E-state index in [4.69, 9.17) is 0 Å². The number of piperazine rings is 1. The van der Waals surface area contributed by atoms with Crippen molar-refractivity contribution in [1.29, 1.82) is 0 Å². The van der Waals surface area contributed by atoms with Crippen LogP contribution in [0.15, 0.2) is 30.3 Å². The number of carbonyl (C=O) groups is 1. The third-order valence-corrected chi connectivity index (χ3v) is 3.83. The molecule has 1 N–H and O–H groups in total. The van der Waals surface area contributed by atoms with Crippen LogP contribution in [0.4, 0.5) is 0 Å². The lowest BCUT2D eigenvalue weighted by Crippen LogP contribution is -2.57. The third-order valence-electron chi connectivity index (χ3n) is 3.83. The molecule has 0 aliphatic carbocycles. The average Bonchev–Trinajstić information content (AvgIpc) is 2.48. The molecule has 0 aromatic heterocycles. The summed E-state index contributed by atoms with van der Waals surface area (Å²) in [6.45, 7) is 3.69. The predicted molar refractivity (Wildman–Crippen MR) is 81.7 cm³/mol. The van der Waals surface area contributed by atoms with E-state index in [-0.39, 0.29) is 11.9 Å². The molecule has 0 spiro atoms. The van der Waals surface area contributed by atoms with Crippen LogP contribution in [0.5, 0.6) is 0 Å². The number of benzene rings is 1. The maximum atomic E-state index is 12.2. The molecule has 1 unspecified atom stereocenters. The minimum Gasteiger partial charge on any atom is -0.347 e. The zero-order valence-electron chi connectivity index (χ0n) is 12.5. The first-order valence-corrected chi connectivity index (χ1v) is 7.38. The van der Waals surface area contributed by atoms with E-state index in [1.165, 1.54) is 5.56 Å². The molecular formula is C16H25N3O. The third kappa shape index (κ3) is 4.05. The van der Waals surface area contributed by atoms with E-state index >= 15 is 0 Å². The van der Waals surface area contributed by atoms with Crippen molar-refractivity contribution < 1.29 is 4.79 Å². The van der Waals surface area contributed by atoms with Crippen molar-refractivity contribution in [1.82, 2.24) is 15.1 Å². The van der Waals surface area contributed by atoms with Gasteiger partial charge in [0.25, 0.3) is 0 Å². The zero-order valence-corrected chi connectivity index (χ0v) is 12.5. The second kappa shape index (κ2) is 7.41. The maximum absolute atomic E-state index is 12.2. The lowest BCUT2D eigenvalue weighted by atomic mass is 10.1. The molecule has 2 rings (SSSR count). The van der Waals surface area contributed by atoms with Gasteiger partial charge in [0.15, 0.2) is 0 Å². The van der Waals surface area contributed by atoms with Crippen LogP contribution in [-0.4, -0.2) is 62.0 Å². The highest BCUT2D eigenvalue weighted by Crippen LogP contribution is 2.09. The molecule has 20 heavy (non-hydrogen) atoms. The van der Waals surface area contributed by atoms with Crippen LogP contribution >= 0.6 is 0 Å². The van der Waals surface area contributed by atoms with E-state index in [1.54, 1.807) is 4.90 Å². The first kappa shape index (κ1) is 15.0. The second-order valence-electron chi connectivity index (χ2n) is 5.58. The van der Waals surface area contributed by atoms with Crippen molar-refractivity contribution in [2.45, 2.75) is 18.9 Å². The van der Waals surface area contributed by atoms with Crippen LogP contribution < -0.4 is 5.32 Å². The fourth-order valence-electron chi connectivity index (χ4n) is 2.69.